The highest BCUT2D eigenvalue weighted by molar-refractivity contribution is 6.31. The Morgan fingerprint density at radius 3 is 2.30 bits per heavy atom. The van der Waals surface area contributed by atoms with E-state index in [-0.39, 0.29) is 11.4 Å². The predicted octanol–water partition coefficient (Wildman–Crippen LogP) is 3.70. The molecule has 1 fully saturated rings. The number of ketones is 1. The minimum atomic E-state index is -1.32. The highest BCUT2D eigenvalue weighted by Crippen LogP contribution is 2.26. The third kappa shape index (κ3) is 4.17. The molecular formula is C20H16ClNO5. The highest BCUT2D eigenvalue weighted by atomic mass is 35.5. The first kappa shape index (κ1) is 18.7. The number of carbonyl (C=O) groups is 3. The molecule has 1 N–H and O–H groups in total. The standard InChI is InChI=1S/C20H16ClNO5/c1-20(2)26-18(24)15(19(25)27-20)11-22-16-9-8-13(21)10-14(16)17(23)12-6-4-3-5-7-12/h3-11,22H,1-2H3. The molecule has 0 unspecified atom stereocenters. The molecule has 0 spiro atoms. The van der Waals surface area contributed by atoms with Crippen LogP contribution in [0.5, 0.6) is 0 Å². The van der Waals surface area contributed by atoms with E-state index in [4.69, 9.17) is 21.1 Å². The summed E-state index contributed by atoms with van der Waals surface area (Å²) in [4.78, 5) is 36.8. The van der Waals surface area contributed by atoms with Gasteiger partial charge in [0.15, 0.2) is 11.4 Å². The number of anilines is 1. The van der Waals surface area contributed by atoms with Crippen LogP contribution in [0.4, 0.5) is 5.69 Å². The summed E-state index contributed by atoms with van der Waals surface area (Å²) in [5.74, 6) is -3.20. The third-order valence-corrected chi connectivity index (χ3v) is 3.99. The maximum Gasteiger partial charge on any atom is 0.350 e. The van der Waals surface area contributed by atoms with Crippen LogP contribution >= 0.6 is 11.6 Å². The van der Waals surface area contributed by atoms with Gasteiger partial charge in [-0.05, 0) is 18.2 Å². The lowest BCUT2D eigenvalue weighted by atomic mass is 10.0. The minimum absolute atomic E-state index is 0.256. The van der Waals surface area contributed by atoms with Crippen molar-refractivity contribution >= 4 is 35.0 Å². The van der Waals surface area contributed by atoms with Crippen LogP contribution in [0.1, 0.15) is 29.8 Å². The average Bonchev–Trinajstić information content (AvgIpc) is 2.61. The van der Waals surface area contributed by atoms with Crippen LogP contribution in [0.3, 0.4) is 0 Å². The molecule has 1 aliphatic heterocycles. The van der Waals surface area contributed by atoms with E-state index >= 15 is 0 Å². The Bertz CT molecular complexity index is 928. The second kappa shape index (κ2) is 7.25. The fourth-order valence-corrected chi connectivity index (χ4v) is 2.68. The molecule has 0 saturated carbocycles. The van der Waals surface area contributed by atoms with Crippen molar-refractivity contribution in [1.29, 1.82) is 0 Å². The van der Waals surface area contributed by atoms with Crippen LogP contribution in [0.15, 0.2) is 60.3 Å². The van der Waals surface area contributed by atoms with E-state index < -0.39 is 17.7 Å². The maximum absolute atomic E-state index is 12.8. The molecule has 1 heterocycles. The molecule has 0 bridgehead atoms. The molecular weight excluding hydrogens is 370 g/mol. The van der Waals surface area contributed by atoms with Crippen molar-refractivity contribution in [3.05, 3.63) is 76.5 Å². The van der Waals surface area contributed by atoms with Gasteiger partial charge in [0.25, 0.3) is 5.79 Å². The number of rotatable bonds is 4. The van der Waals surface area contributed by atoms with Crippen molar-refractivity contribution in [1.82, 2.24) is 0 Å². The van der Waals surface area contributed by atoms with Crippen molar-refractivity contribution in [2.45, 2.75) is 19.6 Å². The molecule has 0 amide bonds. The monoisotopic (exact) mass is 385 g/mol. The smallest absolute Gasteiger partial charge is 0.350 e. The van der Waals surface area contributed by atoms with Crippen molar-refractivity contribution in [3.8, 4) is 0 Å². The number of ether oxygens (including phenoxy) is 2. The summed E-state index contributed by atoms with van der Waals surface area (Å²) in [5, 5.41) is 3.19. The zero-order valence-corrected chi connectivity index (χ0v) is 15.4. The van der Waals surface area contributed by atoms with Crippen LogP contribution in [-0.2, 0) is 19.1 Å². The van der Waals surface area contributed by atoms with E-state index in [1.54, 1.807) is 42.5 Å². The van der Waals surface area contributed by atoms with Crippen LogP contribution in [0.25, 0.3) is 0 Å². The van der Waals surface area contributed by atoms with Gasteiger partial charge in [0.2, 0.25) is 0 Å². The number of benzene rings is 2. The quantitative estimate of drug-likeness (QED) is 0.374. The number of nitrogens with one attached hydrogen (secondary N) is 1. The highest BCUT2D eigenvalue weighted by Gasteiger charge is 2.39. The van der Waals surface area contributed by atoms with Gasteiger partial charge in [0.1, 0.15) is 0 Å². The summed E-state index contributed by atoms with van der Waals surface area (Å²) >= 11 is 6.03. The number of esters is 2. The van der Waals surface area contributed by atoms with Gasteiger partial charge in [0, 0.05) is 41.9 Å². The second-order valence-corrected chi connectivity index (χ2v) is 6.70. The maximum atomic E-state index is 12.8. The first-order chi connectivity index (χ1) is 12.8. The Morgan fingerprint density at radius 2 is 1.67 bits per heavy atom. The molecule has 0 atom stereocenters. The molecule has 138 valence electrons. The van der Waals surface area contributed by atoms with Crippen LogP contribution in [0.2, 0.25) is 5.02 Å². The number of hydrogen-bond donors (Lipinski definition) is 1. The fraction of sp³-hybridized carbons (Fsp3) is 0.150. The molecule has 0 aliphatic carbocycles. The summed E-state index contributed by atoms with van der Waals surface area (Å²) < 4.78 is 10.1. The minimum Gasteiger partial charge on any atom is -0.419 e. The number of carbonyl (C=O) groups excluding carboxylic acids is 3. The van der Waals surface area contributed by atoms with Crippen molar-refractivity contribution < 1.29 is 23.9 Å². The topological polar surface area (TPSA) is 81.7 Å². The van der Waals surface area contributed by atoms with Crippen LogP contribution in [0, 0.1) is 0 Å². The normalized spacial score (nSPS) is 15.6. The van der Waals surface area contributed by atoms with E-state index in [0.29, 0.717) is 21.8 Å². The summed E-state index contributed by atoms with van der Waals surface area (Å²) in [6, 6.07) is 13.4. The molecule has 6 nitrogen and oxygen atoms in total. The molecule has 3 rings (SSSR count). The van der Waals surface area contributed by atoms with Crippen LogP contribution in [-0.4, -0.2) is 23.5 Å². The summed E-state index contributed by atoms with van der Waals surface area (Å²) in [6.45, 7) is 2.92. The fourth-order valence-electron chi connectivity index (χ4n) is 2.50. The predicted molar refractivity (Wildman–Crippen MR) is 99.3 cm³/mol. The molecule has 2 aromatic rings. The Balaban J connectivity index is 1.91. The molecule has 2 aromatic carbocycles. The van der Waals surface area contributed by atoms with E-state index in [9.17, 15) is 14.4 Å². The largest absolute Gasteiger partial charge is 0.419 e. The lowest BCUT2D eigenvalue weighted by Gasteiger charge is -2.29. The SMILES string of the molecule is CC1(C)OC(=O)C(=CNc2ccc(Cl)cc2C(=O)c2ccccc2)C(=O)O1. The van der Waals surface area contributed by atoms with E-state index in [2.05, 4.69) is 5.32 Å². The van der Waals surface area contributed by atoms with Gasteiger partial charge in [0.05, 0.1) is 0 Å². The Morgan fingerprint density at radius 1 is 1.04 bits per heavy atom. The molecule has 1 aliphatic rings. The molecule has 27 heavy (non-hydrogen) atoms. The van der Waals surface area contributed by atoms with Gasteiger partial charge in [-0.25, -0.2) is 9.59 Å². The van der Waals surface area contributed by atoms with Gasteiger partial charge in [-0.15, -0.1) is 0 Å². The Kier molecular flexibility index (Phi) is 5.01. The summed E-state index contributed by atoms with van der Waals surface area (Å²) in [7, 11) is 0. The van der Waals surface area contributed by atoms with Gasteiger partial charge < -0.3 is 14.8 Å². The van der Waals surface area contributed by atoms with Gasteiger partial charge in [-0.1, -0.05) is 41.9 Å². The van der Waals surface area contributed by atoms with Gasteiger partial charge in [-0.3, -0.25) is 4.79 Å². The Labute approximate surface area is 160 Å². The van der Waals surface area contributed by atoms with E-state index in [0.717, 1.165) is 6.20 Å². The number of halogens is 1. The zero-order chi connectivity index (χ0) is 19.6. The molecule has 0 radical (unpaired) electrons. The van der Waals surface area contributed by atoms with Crippen molar-refractivity contribution in [2.75, 3.05) is 5.32 Å². The van der Waals surface area contributed by atoms with Gasteiger partial charge >= 0.3 is 11.9 Å². The first-order valence-corrected chi connectivity index (χ1v) is 8.47. The first-order valence-electron chi connectivity index (χ1n) is 8.09. The number of cyclic esters (lactones) is 2. The average molecular weight is 386 g/mol. The molecule has 0 aromatic heterocycles. The van der Waals surface area contributed by atoms with E-state index in [1.165, 1.54) is 19.9 Å². The van der Waals surface area contributed by atoms with Gasteiger partial charge in [-0.2, -0.15) is 0 Å². The summed E-state index contributed by atoms with van der Waals surface area (Å²) in [6.07, 6.45) is 1.16. The summed E-state index contributed by atoms with van der Waals surface area (Å²) in [5.41, 5.74) is 0.853. The number of hydrogen-bond acceptors (Lipinski definition) is 6. The Hall–Kier alpha value is -3.12. The molecule has 7 heteroatoms. The zero-order valence-electron chi connectivity index (χ0n) is 14.6. The van der Waals surface area contributed by atoms with Crippen LogP contribution < -0.4 is 5.32 Å². The third-order valence-electron chi connectivity index (χ3n) is 3.75. The lowest BCUT2D eigenvalue weighted by molar-refractivity contribution is -0.222. The van der Waals surface area contributed by atoms with Crippen molar-refractivity contribution in [3.63, 3.8) is 0 Å². The van der Waals surface area contributed by atoms with E-state index in [1.807, 2.05) is 0 Å². The molecule has 1 saturated heterocycles. The van der Waals surface area contributed by atoms with Crippen molar-refractivity contribution in [2.24, 2.45) is 0 Å². The lowest BCUT2D eigenvalue weighted by Crippen LogP contribution is -2.42. The second-order valence-electron chi connectivity index (χ2n) is 6.27.